The van der Waals surface area contributed by atoms with Crippen LogP contribution in [0, 0.1) is 0 Å². The normalized spacial score (nSPS) is 17.2. The lowest BCUT2D eigenvalue weighted by Gasteiger charge is -2.10. The quantitative estimate of drug-likeness (QED) is 0.764. The number of carbonyl (C=O) groups excluding carboxylic acids is 1. The number of hydrogen-bond donors (Lipinski definition) is 2. The fourth-order valence-electron chi connectivity index (χ4n) is 2.34. The molecule has 1 saturated heterocycles. The number of carbonyl (C=O) groups is 2. The van der Waals surface area contributed by atoms with Crippen molar-refractivity contribution in [1.29, 1.82) is 0 Å². The molecule has 1 fully saturated rings. The van der Waals surface area contributed by atoms with E-state index in [2.05, 4.69) is 5.32 Å². The van der Waals surface area contributed by atoms with Gasteiger partial charge in [-0.2, -0.15) is 0 Å². The zero-order valence-electron chi connectivity index (χ0n) is 12.4. The zero-order valence-corrected chi connectivity index (χ0v) is 12.4. The van der Waals surface area contributed by atoms with Crippen LogP contribution in [0.2, 0.25) is 0 Å². The van der Waals surface area contributed by atoms with Gasteiger partial charge in [0.25, 0.3) is 0 Å². The molecule has 1 amide bonds. The van der Waals surface area contributed by atoms with Crippen LogP contribution in [0.4, 0.5) is 0 Å². The van der Waals surface area contributed by atoms with Crippen molar-refractivity contribution in [1.82, 2.24) is 5.32 Å². The van der Waals surface area contributed by atoms with Crippen LogP contribution in [0.25, 0.3) is 0 Å². The van der Waals surface area contributed by atoms with Crippen LogP contribution < -0.4 is 10.1 Å². The lowest BCUT2D eigenvalue weighted by atomic mass is 10.1. The van der Waals surface area contributed by atoms with Gasteiger partial charge in [0.15, 0.2) is 6.61 Å². The van der Waals surface area contributed by atoms with Crippen molar-refractivity contribution in [3.8, 4) is 5.75 Å². The van der Waals surface area contributed by atoms with Crippen LogP contribution in [0.5, 0.6) is 5.75 Å². The Bertz CT molecular complexity index is 511. The molecule has 1 aliphatic rings. The Morgan fingerprint density at radius 2 is 2.27 bits per heavy atom. The van der Waals surface area contributed by atoms with Gasteiger partial charge in [0.2, 0.25) is 5.91 Å². The van der Waals surface area contributed by atoms with E-state index in [0.717, 1.165) is 31.4 Å². The number of ether oxygens (including phenoxy) is 2. The van der Waals surface area contributed by atoms with E-state index in [9.17, 15) is 9.59 Å². The van der Waals surface area contributed by atoms with E-state index < -0.39 is 5.97 Å². The second kappa shape index (κ2) is 8.38. The van der Waals surface area contributed by atoms with Crippen molar-refractivity contribution < 1.29 is 24.2 Å². The molecule has 1 unspecified atom stereocenters. The summed E-state index contributed by atoms with van der Waals surface area (Å²) in [6, 6.07) is 7.04. The lowest BCUT2D eigenvalue weighted by molar-refractivity contribution is -0.139. The third-order valence-electron chi connectivity index (χ3n) is 3.47. The van der Waals surface area contributed by atoms with E-state index in [0.29, 0.717) is 18.7 Å². The highest BCUT2D eigenvalue weighted by molar-refractivity contribution is 5.75. The Balaban J connectivity index is 1.72. The van der Waals surface area contributed by atoms with Crippen molar-refractivity contribution in [3.05, 3.63) is 29.8 Å². The molecule has 22 heavy (non-hydrogen) atoms. The molecule has 0 radical (unpaired) electrons. The highest BCUT2D eigenvalue weighted by atomic mass is 16.5. The third-order valence-corrected chi connectivity index (χ3v) is 3.47. The number of amides is 1. The SMILES string of the molecule is O=C(O)COc1cccc(CNC(=O)CCC2CCCO2)c1. The van der Waals surface area contributed by atoms with Crippen molar-refractivity contribution >= 4 is 11.9 Å². The molecular formula is C16H21NO5. The van der Waals surface area contributed by atoms with Crippen molar-refractivity contribution in [2.24, 2.45) is 0 Å². The fourth-order valence-corrected chi connectivity index (χ4v) is 2.34. The van der Waals surface area contributed by atoms with Gasteiger partial charge in [-0.05, 0) is 37.0 Å². The number of benzene rings is 1. The second-order valence-electron chi connectivity index (χ2n) is 5.28. The monoisotopic (exact) mass is 307 g/mol. The summed E-state index contributed by atoms with van der Waals surface area (Å²) in [6.07, 6.45) is 3.55. The van der Waals surface area contributed by atoms with Gasteiger partial charge in [-0.3, -0.25) is 4.79 Å². The van der Waals surface area contributed by atoms with Crippen LogP contribution in [0.15, 0.2) is 24.3 Å². The molecule has 1 heterocycles. The number of hydrogen-bond acceptors (Lipinski definition) is 4. The summed E-state index contributed by atoms with van der Waals surface area (Å²) in [5, 5.41) is 11.4. The van der Waals surface area contributed by atoms with Crippen molar-refractivity contribution in [3.63, 3.8) is 0 Å². The summed E-state index contributed by atoms with van der Waals surface area (Å²) < 4.78 is 10.6. The predicted molar refractivity (Wildman–Crippen MR) is 79.6 cm³/mol. The first-order chi connectivity index (χ1) is 10.6. The molecule has 0 spiro atoms. The molecule has 0 bridgehead atoms. The average molecular weight is 307 g/mol. The number of aliphatic carboxylic acids is 1. The highest BCUT2D eigenvalue weighted by Gasteiger charge is 2.16. The number of rotatable bonds is 8. The second-order valence-corrected chi connectivity index (χ2v) is 5.28. The van der Waals surface area contributed by atoms with E-state index in [1.54, 1.807) is 18.2 Å². The molecule has 120 valence electrons. The molecule has 2 N–H and O–H groups in total. The van der Waals surface area contributed by atoms with E-state index >= 15 is 0 Å². The topological polar surface area (TPSA) is 84.9 Å². The Morgan fingerprint density at radius 3 is 3.00 bits per heavy atom. The molecule has 1 aromatic carbocycles. The Kier molecular flexibility index (Phi) is 6.21. The van der Waals surface area contributed by atoms with E-state index in [1.807, 2.05) is 6.07 Å². The van der Waals surface area contributed by atoms with Crippen LogP contribution in [0.3, 0.4) is 0 Å². The van der Waals surface area contributed by atoms with Crippen molar-refractivity contribution in [2.75, 3.05) is 13.2 Å². The maximum Gasteiger partial charge on any atom is 0.341 e. The number of carboxylic acids is 1. The molecule has 1 atom stereocenters. The lowest BCUT2D eigenvalue weighted by Crippen LogP contribution is -2.23. The molecule has 0 aliphatic carbocycles. The largest absolute Gasteiger partial charge is 0.482 e. The summed E-state index contributed by atoms with van der Waals surface area (Å²) in [6.45, 7) is 0.821. The van der Waals surface area contributed by atoms with Crippen LogP contribution in [0.1, 0.15) is 31.2 Å². The third kappa shape index (κ3) is 5.73. The van der Waals surface area contributed by atoms with E-state index in [4.69, 9.17) is 14.6 Å². The first kappa shape index (κ1) is 16.3. The molecule has 6 heteroatoms. The molecule has 2 rings (SSSR count). The van der Waals surface area contributed by atoms with Gasteiger partial charge in [-0.1, -0.05) is 12.1 Å². The minimum Gasteiger partial charge on any atom is -0.482 e. The van der Waals surface area contributed by atoms with Gasteiger partial charge in [0, 0.05) is 19.6 Å². The summed E-state index contributed by atoms with van der Waals surface area (Å²) in [4.78, 5) is 22.3. The fraction of sp³-hybridized carbons (Fsp3) is 0.500. The van der Waals surface area contributed by atoms with Crippen molar-refractivity contribution in [2.45, 2.75) is 38.3 Å². The highest BCUT2D eigenvalue weighted by Crippen LogP contribution is 2.17. The van der Waals surface area contributed by atoms with Gasteiger partial charge in [-0.25, -0.2) is 4.79 Å². The number of carboxylic acid groups (broad SMARTS) is 1. The average Bonchev–Trinajstić information content (AvgIpc) is 3.03. The summed E-state index contributed by atoms with van der Waals surface area (Å²) >= 11 is 0. The smallest absolute Gasteiger partial charge is 0.341 e. The van der Waals surface area contributed by atoms with E-state index in [-0.39, 0.29) is 18.6 Å². The summed E-state index contributed by atoms with van der Waals surface area (Å²) in [5.74, 6) is -0.548. The minimum atomic E-state index is -1.02. The summed E-state index contributed by atoms with van der Waals surface area (Å²) in [5.41, 5.74) is 0.869. The van der Waals surface area contributed by atoms with Crippen LogP contribution in [-0.4, -0.2) is 36.3 Å². The van der Waals surface area contributed by atoms with Gasteiger partial charge in [0.05, 0.1) is 6.10 Å². The standard InChI is InChI=1S/C16H21NO5/c18-15(7-6-13-5-2-8-21-13)17-10-12-3-1-4-14(9-12)22-11-16(19)20/h1,3-4,9,13H,2,5-8,10-11H2,(H,17,18)(H,19,20). The molecule has 1 aromatic rings. The molecular weight excluding hydrogens is 286 g/mol. The zero-order chi connectivity index (χ0) is 15.8. The van der Waals surface area contributed by atoms with Gasteiger partial charge in [0.1, 0.15) is 5.75 Å². The maximum atomic E-state index is 11.8. The van der Waals surface area contributed by atoms with Gasteiger partial charge in [-0.15, -0.1) is 0 Å². The maximum absolute atomic E-state index is 11.8. The summed E-state index contributed by atoms with van der Waals surface area (Å²) in [7, 11) is 0. The molecule has 1 aliphatic heterocycles. The number of nitrogens with one attached hydrogen (secondary N) is 1. The Hall–Kier alpha value is -2.08. The van der Waals surface area contributed by atoms with Gasteiger partial charge >= 0.3 is 5.97 Å². The molecule has 0 saturated carbocycles. The molecule has 6 nitrogen and oxygen atoms in total. The molecule has 0 aromatic heterocycles. The van der Waals surface area contributed by atoms with E-state index in [1.165, 1.54) is 0 Å². The Labute approximate surface area is 129 Å². The predicted octanol–water partition coefficient (Wildman–Crippen LogP) is 1.73. The minimum absolute atomic E-state index is 0.00708. The Morgan fingerprint density at radius 1 is 1.41 bits per heavy atom. The van der Waals surface area contributed by atoms with Gasteiger partial charge < -0.3 is 19.9 Å². The van der Waals surface area contributed by atoms with Crippen LogP contribution in [-0.2, 0) is 20.9 Å². The first-order valence-corrected chi connectivity index (χ1v) is 7.45. The van der Waals surface area contributed by atoms with Crippen LogP contribution >= 0.6 is 0 Å². The first-order valence-electron chi connectivity index (χ1n) is 7.45.